The quantitative estimate of drug-likeness (QED) is 0.866. The summed E-state index contributed by atoms with van der Waals surface area (Å²) >= 11 is 0. The van der Waals surface area contributed by atoms with Crippen LogP contribution in [0.3, 0.4) is 0 Å². The third kappa shape index (κ3) is 2.67. The van der Waals surface area contributed by atoms with Gasteiger partial charge in [-0.15, -0.1) is 0 Å². The van der Waals surface area contributed by atoms with E-state index in [-0.39, 0.29) is 6.04 Å². The first-order chi connectivity index (χ1) is 8.36. The monoisotopic (exact) mass is 232 g/mol. The first-order valence-electron chi connectivity index (χ1n) is 6.29. The smallest absolute Gasteiger partial charge is 0.113 e. The van der Waals surface area contributed by atoms with Crippen LogP contribution in [0.15, 0.2) is 30.3 Å². The SMILES string of the molecule is CCc1cnccc1C(NC)C1=CCCCO1. The minimum atomic E-state index is 0.160. The zero-order chi connectivity index (χ0) is 12.1. The maximum Gasteiger partial charge on any atom is 0.113 e. The van der Waals surface area contributed by atoms with Gasteiger partial charge in [0, 0.05) is 12.4 Å². The van der Waals surface area contributed by atoms with Crippen molar-refractivity contribution < 1.29 is 4.74 Å². The number of aromatic nitrogens is 1. The minimum absolute atomic E-state index is 0.160. The van der Waals surface area contributed by atoms with Crippen molar-refractivity contribution in [2.75, 3.05) is 13.7 Å². The number of pyridine rings is 1. The van der Waals surface area contributed by atoms with E-state index in [2.05, 4.69) is 29.4 Å². The molecule has 3 heteroatoms. The molecule has 0 aromatic carbocycles. The predicted molar refractivity (Wildman–Crippen MR) is 68.7 cm³/mol. The Bertz CT molecular complexity index is 401. The number of nitrogens with one attached hydrogen (secondary N) is 1. The van der Waals surface area contributed by atoms with E-state index in [0.29, 0.717) is 0 Å². The van der Waals surface area contributed by atoms with Crippen molar-refractivity contribution in [2.45, 2.75) is 32.2 Å². The van der Waals surface area contributed by atoms with Crippen LogP contribution in [0.5, 0.6) is 0 Å². The molecule has 0 radical (unpaired) electrons. The van der Waals surface area contributed by atoms with Crippen LogP contribution in [-0.2, 0) is 11.2 Å². The van der Waals surface area contributed by atoms with Crippen LogP contribution in [0.4, 0.5) is 0 Å². The summed E-state index contributed by atoms with van der Waals surface area (Å²) in [5.41, 5.74) is 2.56. The molecule has 1 aliphatic rings. The van der Waals surface area contributed by atoms with Crippen molar-refractivity contribution in [3.8, 4) is 0 Å². The number of rotatable bonds is 4. The Labute approximate surface area is 103 Å². The van der Waals surface area contributed by atoms with Crippen molar-refractivity contribution in [3.05, 3.63) is 41.4 Å². The van der Waals surface area contributed by atoms with Gasteiger partial charge in [0.25, 0.3) is 0 Å². The second kappa shape index (κ2) is 5.82. The molecule has 3 nitrogen and oxygen atoms in total. The lowest BCUT2D eigenvalue weighted by atomic mass is 9.98. The number of aryl methyl sites for hydroxylation is 1. The van der Waals surface area contributed by atoms with E-state index in [9.17, 15) is 0 Å². The molecule has 0 fully saturated rings. The normalized spacial score (nSPS) is 17.2. The molecule has 0 aliphatic carbocycles. The number of allylic oxidation sites excluding steroid dienone is 1. The van der Waals surface area contributed by atoms with Crippen molar-refractivity contribution in [3.63, 3.8) is 0 Å². The molecule has 2 rings (SSSR count). The maximum absolute atomic E-state index is 5.76. The molecular formula is C14H20N2O. The van der Waals surface area contributed by atoms with Gasteiger partial charge in [0.05, 0.1) is 12.6 Å². The van der Waals surface area contributed by atoms with Gasteiger partial charge >= 0.3 is 0 Å². The molecule has 1 aromatic rings. The highest BCUT2D eigenvalue weighted by molar-refractivity contribution is 5.32. The van der Waals surface area contributed by atoms with Crippen molar-refractivity contribution >= 4 is 0 Å². The van der Waals surface area contributed by atoms with Gasteiger partial charge in [-0.2, -0.15) is 0 Å². The molecule has 0 amide bonds. The van der Waals surface area contributed by atoms with E-state index in [1.807, 2.05) is 19.4 Å². The fourth-order valence-electron chi connectivity index (χ4n) is 2.24. The third-order valence-corrected chi connectivity index (χ3v) is 3.17. The fourth-order valence-corrected chi connectivity index (χ4v) is 2.24. The molecule has 0 spiro atoms. The van der Waals surface area contributed by atoms with Gasteiger partial charge in [-0.25, -0.2) is 0 Å². The Morgan fingerprint density at radius 2 is 2.41 bits per heavy atom. The Balaban J connectivity index is 2.31. The maximum atomic E-state index is 5.76. The molecule has 1 aliphatic heterocycles. The van der Waals surface area contributed by atoms with Crippen molar-refractivity contribution in [1.82, 2.24) is 10.3 Å². The summed E-state index contributed by atoms with van der Waals surface area (Å²) in [5, 5.41) is 3.34. The van der Waals surface area contributed by atoms with Crippen molar-refractivity contribution in [2.24, 2.45) is 0 Å². The predicted octanol–water partition coefficient (Wildman–Crippen LogP) is 2.60. The first kappa shape index (κ1) is 12.1. The molecule has 1 aromatic heterocycles. The summed E-state index contributed by atoms with van der Waals surface area (Å²) in [4.78, 5) is 4.19. The van der Waals surface area contributed by atoms with Gasteiger partial charge in [0.1, 0.15) is 5.76 Å². The second-order valence-electron chi connectivity index (χ2n) is 4.25. The van der Waals surface area contributed by atoms with Gasteiger partial charge < -0.3 is 10.1 Å². The molecule has 0 saturated heterocycles. The van der Waals surface area contributed by atoms with Crippen LogP contribution < -0.4 is 5.32 Å². The highest BCUT2D eigenvalue weighted by Gasteiger charge is 2.20. The standard InChI is InChI=1S/C14H20N2O/c1-3-11-10-16-8-7-12(11)14(15-2)13-6-4-5-9-17-13/h6-8,10,14-15H,3-5,9H2,1-2H3. The lowest BCUT2D eigenvalue weighted by Gasteiger charge is -2.25. The second-order valence-corrected chi connectivity index (χ2v) is 4.25. The zero-order valence-corrected chi connectivity index (χ0v) is 10.6. The zero-order valence-electron chi connectivity index (χ0n) is 10.6. The van der Waals surface area contributed by atoms with E-state index in [4.69, 9.17) is 4.74 Å². The van der Waals surface area contributed by atoms with E-state index in [1.54, 1.807) is 0 Å². The molecule has 1 N–H and O–H groups in total. The van der Waals surface area contributed by atoms with E-state index in [0.717, 1.165) is 31.6 Å². The highest BCUT2D eigenvalue weighted by Crippen LogP contribution is 2.27. The molecule has 0 saturated carbocycles. The lowest BCUT2D eigenvalue weighted by Crippen LogP contribution is -2.23. The van der Waals surface area contributed by atoms with E-state index >= 15 is 0 Å². The summed E-state index contributed by atoms with van der Waals surface area (Å²) in [7, 11) is 1.98. The van der Waals surface area contributed by atoms with Gasteiger partial charge in [0.15, 0.2) is 0 Å². The highest BCUT2D eigenvalue weighted by atomic mass is 16.5. The fraction of sp³-hybridized carbons (Fsp3) is 0.500. The van der Waals surface area contributed by atoms with Crippen LogP contribution >= 0.6 is 0 Å². The molecule has 92 valence electrons. The molecule has 2 heterocycles. The molecule has 0 bridgehead atoms. The lowest BCUT2D eigenvalue weighted by molar-refractivity contribution is 0.169. The topological polar surface area (TPSA) is 34.2 Å². The summed E-state index contributed by atoms with van der Waals surface area (Å²) < 4.78 is 5.76. The van der Waals surface area contributed by atoms with Gasteiger partial charge in [-0.1, -0.05) is 6.92 Å². The summed E-state index contributed by atoms with van der Waals surface area (Å²) in [6, 6.07) is 2.24. The number of nitrogens with zero attached hydrogens (tertiary/aromatic N) is 1. The van der Waals surface area contributed by atoms with Crippen LogP contribution in [0.1, 0.15) is 36.9 Å². The van der Waals surface area contributed by atoms with Crippen LogP contribution in [0, 0.1) is 0 Å². The number of hydrogen-bond acceptors (Lipinski definition) is 3. The average Bonchev–Trinajstić information content (AvgIpc) is 2.41. The number of hydrogen-bond donors (Lipinski definition) is 1. The van der Waals surface area contributed by atoms with Crippen LogP contribution in [0.2, 0.25) is 0 Å². The average molecular weight is 232 g/mol. The number of likely N-dealkylation sites (N-methyl/N-ethyl adjacent to an activating group) is 1. The van der Waals surface area contributed by atoms with Gasteiger partial charge in [-0.3, -0.25) is 4.98 Å². The number of ether oxygens (including phenoxy) is 1. The Morgan fingerprint density at radius 3 is 3.06 bits per heavy atom. The Morgan fingerprint density at radius 1 is 1.53 bits per heavy atom. The molecular weight excluding hydrogens is 212 g/mol. The van der Waals surface area contributed by atoms with Gasteiger partial charge in [0.2, 0.25) is 0 Å². The molecule has 17 heavy (non-hydrogen) atoms. The van der Waals surface area contributed by atoms with Crippen LogP contribution in [0.25, 0.3) is 0 Å². The summed E-state index contributed by atoms with van der Waals surface area (Å²) in [5.74, 6) is 1.06. The van der Waals surface area contributed by atoms with Gasteiger partial charge in [-0.05, 0) is 49.6 Å². The van der Waals surface area contributed by atoms with Crippen LogP contribution in [-0.4, -0.2) is 18.6 Å². The largest absolute Gasteiger partial charge is 0.496 e. The van der Waals surface area contributed by atoms with Crippen molar-refractivity contribution in [1.29, 1.82) is 0 Å². The first-order valence-corrected chi connectivity index (χ1v) is 6.29. The Kier molecular flexibility index (Phi) is 4.15. The van der Waals surface area contributed by atoms with E-state index in [1.165, 1.54) is 11.1 Å². The molecule has 1 atom stereocenters. The Hall–Kier alpha value is -1.35. The summed E-state index contributed by atoms with van der Waals surface area (Å²) in [6.45, 7) is 2.99. The summed E-state index contributed by atoms with van der Waals surface area (Å²) in [6.07, 6.45) is 9.22. The minimum Gasteiger partial charge on any atom is -0.496 e. The van der Waals surface area contributed by atoms with E-state index < -0.39 is 0 Å². The molecule has 1 unspecified atom stereocenters. The third-order valence-electron chi connectivity index (χ3n) is 3.17.